The lowest BCUT2D eigenvalue weighted by Gasteiger charge is -2.36. The number of para-hydroxylation sites is 2. The summed E-state index contributed by atoms with van der Waals surface area (Å²) in [4.78, 5) is 25.8. The molecule has 2 N–H and O–H groups in total. The zero-order chi connectivity index (χ0) is 23.3. The summed E-state index contributed by atoms with van der Waals surface area (Å²) in [5, 5.41) is 5.46. The van der Waals surface area contributed by atoms with Crippen molar-refractivity contribution in [2.45, 2.75) is 82.9 Å². The van der Waals surface area contributed by atoms with Gasteiger partial charge in [0, 0.05) is 0 Å². The molecule has 2 amide bonds. The zero-order valence-corrected chi connectivity index (χ0v) is 19.0. The van der Waals surface area contributed by atoms with Crippen LogP contribution in [0.1, 0.15) is 34.6 Å². The zero-order valence-electron chi connectivity index (χ0n) is 19.0. The van der Waals surface area contributed by atoms with Crippen molar-refractivity contribution in [2.24, 2.45) is 0 Å². The van der Waals surface area contributed by atoms with Crippen molar-refractivity contribution in [1.29, 1.82) is 0 Å². The Labute approximate surface area is 186 Å². The van der Waals surface area contributed by atoms with Gasteiger partial charge in [-0.05, 0) is 46.8 Å². The maximum absolute atomic E-state index is 13.1. The highest BCUT2D eigenvalue weighted by Crippen LogP contribution is 2.44. The lowest BCUT2D eigenvalue weighted by molar-refractivity contribution is -0.231. The van der Waals surface area contributed by atoms with E-state index in [2.05, 4.69) is 10.6 Å². The second-order valence-corrected chi connectivity index (χ2v) is 9.01. The fourth-order valence-corrected chi connectivity index (χ4v) is 4.17. The number of fused-ring (bicyclic) bond motifs is 3. The Balaban J connectivity index is 1.45. The van der Waals surface area contributed by atoms with Gasteiger partial charge in [0.2, 0.25) is 5.91 Å². The molecule has 3 fully saturated rings. The fourth-order valence-electron chi connectivity index (χ4n) is 4.17. The van der Waals surface area contributed by atoms with E-state index in [9.17, 15) is 9.59 Å². The van der Waals surface area contributed by atoms with E-state index in [1.54, 1.807) is 58.9 Å². The first kappa shape index (κ1) is 22.9. The van der Waals surface area contributed by atoms with Gasteiger partial charge in [-0.2, -0.15) is 0 Å². The number of anilines is 1. The molecule has 4 rings (SSSR count). The van der Waals surface area contributed by atoms with Gasteiger partial charge in [-0.25, -0.2) is 0 Å². The number of nitrogens with one attached hydrogen (secondary N) is 2. The quantitative estimate of drug-likeness (QED) is 0.695. The molecular weight excluding hydrogens is 420 g/mol. The van der Waals surface area contributed by atoms with Crippen molar-refractivity contribution >= 4 is 17.5 Å². The summed E-state index contributed by atoms with van der Waals surface area (Å²) in [5.41, 5.74) is 0.505. The molecule has 0 unspecified atom stereocenters. The maximum Gasteiger partial charge on any atom is 0.252 e. The van der Waals surface area contributed by atoms with Crippen molar-refractivity contribution in [2.75, 3.05) is 12.4 Å². The predicted octanol–water partition coefficient (Wildman–Crippen LogP) is 1.53. The van der Waals surface area contributed by atoms with Crippen LogP contribution in [0.3, 0.4) is 0 Å². The molecular formula is C22H30N2O8. The van der Waals surface area contributed by atoms with Crippen molar-refractivity contribution in [3.05, 3.63) is 24.3 Å². The summed E-state index contributed by atoms with van der Waals surface area (Å²) in [6.45, 7) is 8.65. The van der Waals surface area contributed by atoms with Crippen LogP contribution in [-0.2, 0) is 33.3 Å². The number of carbonyl (C=O) groups excluding carboxylic acids is 2. The lowest BCUT2D eigenvalue weighted by Crippen LogP contribution is -2.60. The van der Waals surface area contributed by atoms with E-state index in [-0.39, 0.29) is 0 Å². The second kappa shape index (κ2) is 8.27. The van der Waals surface area contributed by atoms with E-state index < -0.39 is 60.1 Å². The molecule has 3 aliphatic heterocycles. The topological polar surface area (TPSA) is 114 Å². The summed E-state index contributed by atoms with van der Waals surface area (Å²) in [6.07, 6.45) is -3.64. The molecule has 1 aromatic rings. The molecule has 3 saturated heterocycles. The summed E-state index contributed by atoms with van der Waals surface area (Å²) in [7, 11) is 1.52. The minimum atomic E-state index is -1.04. The molecule has 3 aliphatic rings. The average molecular weight is 450 g/mol. The van der Waals surface area contributed by atoms with Gasteiger partial charge in [0.15, 0.2) is 24.0 Å². The molecule has 10 nitrogen and oxygen atoms in total. The first-order valence-electron chi connectivity index (χ1n) is 10.6. The van der Waals surface area contributed by atoms with Gasteiger partial charge in [-0.3, -0.25) is 9.59 Å². The van der Waals surface area contributed by atoms with Crippen molar-refractivity contribution in [3.63, 3.8) is 0 Å². The molecule has 10 heteroatoms. The number of hydrogen-bond donors (Lipinski definition) is 2. The third-order valence-electron chi connectivity index (χ3n) is 5.53. The van der Waals surface area contributed by atoms with Gasteiger partial charge in [0.1, 0.15) is 30.1 Å². The largest absolute Gasteiger partial charge is 0.495 e. The van der Waals surface area contributed by atoms with Gasteiger partial charge in [0.05, 0.1) is 12.8 Å². The Morgan fingerprint density at radius 3 is 2.31 bits per heavy atom. The van der Waals surface area contributed by atoms with Crippen LogP contribution in [0.25, 0.3) is 0 Å². The van der Waals surface area contributed by atoms with E-state index >= 15 is 0 Å². The second-order valence-electron chi connectivity index (χ2n) is 9.01. The van der Waals surface area contributed by atoms with Crippen LogP contribution >= 0.6 is 0 Å². The number of benzene rings is 1. The van der Waals surface area contributed by atoms with Gasteiger partial charge < -0.3 is 39.1 Å². The molecule has 32 heavy (non-hydrogen) atoms. The average Bonchev–Trinajstić information content (AvgIpc) is 3.21. The van der Waals surface area contributed by atoms with Crippen molar-refractivity contribution in [1.82, 2.24) is 5.32 Å². The van der Waals surface area contributed by atoms with Gasteiger partial charge in [-0.1, -0.05) is 12.1 Å². The molecule has 6 atom stereocenters. The third-order valence-corrected chi connectivity index (χ3v) is 5.53. The number of hydrogen-bond acceptors (Lipinski definition) is 8. The molecule has 0 spiro atoms. The highest BCUT2D eigenvalue weighted by atomic mass is 16.9. The minimum absolute atomic E-state index is 0.404. The smallest absolute Gasteiger partial charge is 0.252 e. The Morgan fingerprint density at radius 1 is 0.969 bits per heavy atom. The third kappa shape index (κ3) is 4.46. The van der Waals surface area contributed by atoms with E-state index in [0.717, 1.165) is 0 Å². The van der Waals surface area contributed by atoms with Crippen LogP contribution in [0, 0.1) is 0 Å². The first-order valence-corrected chi connectivity index (χ1v) is 10.6. The molecule has 0 saturated carbocycles. The molecule has 0 bridgehead atoms. The fraction of sp³-hybridized carbons (Fsp3) is 0.636. The van der Waals surface area contributed by atoms with Crippen LogP contribution < -0.4 is 15.4 Å². The minimum Gasteiger partial charge on any atom is -0.495 e. The Bertz CT molecular complexity index is 888. The SMILES string of the molecule is COc1ccccc1NC(=O)[C@H](C)NC(=O)[C@@H]1O[C@@H]2OC(C)(C)O[C@@H]2[C@H]2OC(C)(C)O[C@@H]21. The molecule has 0 aliphatic carbocycles. The molecule has 176 valence electrons. The van der Waals surface area contributed by atoms with Gasteiger partial charge >= 0.3 is 0 Å². The molecule has 3 heterocycles. The number of rotatable bonds is 5. The van der Waals surface area contributed by atoms with Gasteiger partial charge in [-0.15, -0.1) is 0 Å². The maximum atomic E-state index is 13.1. The molecule has 0 aromatic heterocycles. The number of ether oxygens (including phenoxy) is 6. The summed E-state index contributed by atoms with van der Waals surface area (Å²) < 4.78 is 34.9. The monoisotopic (exact) mass is 450 g/mol. The van der Waals surface area contributed by atoms with Crippen LogP contribution in [0.15, 0.2) is 24.3 Å². The lowest BCUT2D eigenvalue weighted by atomic mass is 9.98. The standard InChI is InChI=1S/C22H30N2O8/c1-11(18(25)24-12-9-7-8-10-13(12)27-6)23-19(26)16-14-15(30-21(2,3)29-14)17-20(28-16)32-22(4,5)31-17/h7-11,14-17,20H,1-6H3,(H,23,26)(H,24,25)/t11-,14-,15-,16+,17+,20+/m0/s1. The number of carbonyl (C=O) groups is 2. The van der Waals surface area contributed by atoms with Crippen molar-refractivity contribution in [3.8, 4) is 5.75 Å². The molecule has 1 aromatic carbocycles. The van der Waals surface area contributed by atoms with E-state index in [1.807, 2.05) is 0 Å². The molecule has 0 radical (unpaired) electrons. The Kier molecular flexibility index (Phi) is 5.93. The van der Waals surface area contributed by atoms with Crippen molar-refractivity contribution < 1.29 is 38.0 Å². The van der Waals surface area contributed by atoms with Crippen LogP contribution in [0.2, 0.25) is 0 Å². The summed E-state index contributed by atoms with van der Waals surface area (Å²) >= 11 is 0. The number of amides is 2. The summed E-state index contributed by atoms with van der Waals surface area (Å²) in [5.74, 6) is -2.20. The number of methoxy groups -OCH3 is 1. The van der Waals surface area contributed by atoms with Crippen LogP contribution in [0.5, 0.6) is 5.75 Å². The Hall–Kier alpha value is -2.24. The van der Waals surface area contributed by atoms with E-state index in [1.165, 1.54) is 7.11 Å². The van der Waals surface area contributed by atoms with E-state index in [0.29, 0.717) is 11.4 Å². The normalized spacial score (nSPS) is 33.0. The van der Waals surface area contributed by atoms with Crippen LogP contribution in [0.4, 0.5) is 5.69 Å². The van der Waals surface area contributed by atoms with Gasteiger partial charge in [0.25, 0.3) is 5.91 Å². The highest BCUT2D eigenvalue weighted by Gasteiger charge is 2.62. The first-order chi connectivity index (χ1) is 15.0. The van der Waals surface area contributed by atoms with E-state index in [4.69, 9.17) is 28.4 Å². The summed E-state index contributed by atoms with van der Waals surface area (Å²) in [6, 6.07) is 6.17. The Morgan fingerprint density at radius 2 is 1.59 bits per heavy atom. The predicted molar refractivity (Wildman–Crippen MR) is 112 cm³/mol. The van der Waals surface area contributed by atoms with Crippen LogP contribution in [-0.4, -0.2) is 67.2 Å². The highest BCUT2D eigenvalue weighted by molar-refractivity contribution is 5.98.